The van der Waals surface area contributed by atoms with E-state index < -0.39 is 5.92 Å². The average molecular weight is 570 g/mol. The Morgan fingerprint density at radius 2 is 1.55 bits per heavy atom. The van der Waals surface area contributed by atoms with E-state index in [4.69, 9.17) is 11.6 Å². The summed E-state index contributed by atoms with van der Waals surface area (Å²) in [6, 6.07) is 11.2. The van der Waals surface area contributed by atoms with Crippen molar-refractivity contribution < 1.29 is 18.4 Å². The Labute approximate surface area is 237 Å². The largest absolute Gasteiger partial charge is 0.339 e. The molecule has 0 N–H and O–H groups in total. The van der Waals surface area contributed by atoms with Gasteiger partial charge in [0.25, 0.3) is 17.7 Å². The molecule has 0 atom stereocenters. The lowest BCUT2D eigenvalue weighted by Crippen LogP contribution is -2.48. The molecule has 3 fully saturated rings. The van der Waals surface area contributed by atoms with Crippen LogP contribution >= 0.6 is 11.6 Å². The second kappa shape index (κ2) is 11.1. The molecule has 3 aromatic rings. The van der Waals surface area contributed by atoms with E-state index in [0.29, 0.717) is 23.0 Å². The normalized spacial score (nSPS) is 20.7. The van der Waals surface area contributed by atoms with Gasteiger partial charge in [-0.2, -0.15) is 0 Å². The zero-order chi connectivity index (χ0) is 27.9. The molecule has 5 heterocycles. The third-order valence-electron chi connectivity index (χ3n) is 8.68. The van der Waals surface area contributed by atoms with Gasteiger partial charge in [-0.25, -0.2) is 13.8 Å². The smallest absolute Gasteiger partial charge is 0.270 e. The third kappa shape index (κ3) is 5.46. The van der Waals surface area contributed by atoms with Gasteiger partial charge in [0.05, 0.1) is 11.2 Å². The van der Waals surface area contributed by atoms with Gasteiger partial charge in [0.1, 0.15) is 10.8 Å². The molecule has 0 bridgehead atoms. The van der Waals surface area contributed by atoms with E-state index in [1.54, 1.807) is 35.0 Å². The molecule has 3 saturated heterocycles. The van der Waals surface area contributed by atoms with Crippen molar-refractivity contribution in [2.24, 2.45) is 0 Å². The lowest BCUT2D eigenvalue weighted by atomic mass is 9.99. The van der Waals surface area contributed by atoms with Crippen molar-refractivity contribution in [1.29, 1.82) is 0 Å². The number of benzene rings is 1. The number of likely N-dealkylation sites (tertiary alicyclic amines) is 3. The number of aromatic nitrogens is 2. The molecule has 3 aliphatic rings. The van der Waals surface area contributed by atoms with Gasteiger partial charge in [0, 0.05) is 62.2 Å². The van der Waals surface area contributed by atoms with Crippen molar-refractivity contribution >= 4 is 34.3 Å². The highest BCUT2D eigenvalue weighted by molar-refractivity contribution is 6.29. The number of piperidine rings is 3. The fourth-order valence-electron chi connectivity index (χ4n) is 6.41. The Balaban J connectivity index is 1.27. The van der Waals surface area contributed by atoms with Crippen molar-refractivity contribution in [3.8, 4) is 5.69 Å². The van der Waals surface area contributed by atoms with Gasteiger partial charge in [-0.15, -0.1) is 0 Å². The van der Waals surface area contributed by atoms with Crippen molar-refractivity contribution in [2.75, 3.05) is 39.3 Å². The monoisotopic (exact) mass is 569 g/mol. The first-order chi connectivity index (χ1) is 19.3. The summed E-state index contributed by atoms with van der Waals surface area (Å²) in [6.07, 6.45) is 6.66. The van der Waals surface area contributed by atoms with Crippen molar-refractivity contribution in [1.82, 2.24) is 24.3 Å². The van der Waals surface area contributed by atoms with Gasteiger partial charge < -0.3 is 19.3 Å². The number of rotatable bonds is 4. The topological polar surface area (TPSA) is 61.7 Å². The lowest BCUT2D eigenvalue weighted by molar-refractivity contribution is -0.0495. The number of carbonyl (C=O) groups is 2. The fourth-order valence-corrected chi connectivity index (χ4v) is 6.58. The predicted octanol–water partition coefficient (Wildman–Crippen LogP) is 5.64. The number of carbonyl (C=O) groups excluding carboxylic acids is 2. The Bertz CT molecular complexity index is 1400. The second-order valence-corrected chi connectivity index (χ2v) is 11.6. The van der Waals surface area contributed by atoms with E-state index in [1.807, 2.05) is 17.0 Å². The maximum absolute atomic E-state index is 13.8. The number of amides is 2. The van der Waals surface area contributed by atoms with Crippen LogP contribution in [0.5, 0.6) is 0 Å². The van der Waals surface area contributed by atoms with Crippen molar-refractivity contribution in [3.63, 3.8) is 0 Å². The molecule has 6 rings (SSSR count). The van der Waals surface area contributed by atoms with Crippen LogP contribution in [0.4, 0.5) is 8.78 Å². The molecule has 0 aliphatic carbocycles. The highest BCUT2D eigenvalue weighted by atomic mass is 35.5. The number of hydrogen-bond donors (Lipinski definition) is 0. The van der Waals surface area contributed by atoms with Crippen LogP contribution in [-0.4, -0.2) is 87.3 Å². The quantitative estimate of drug-likeness (QED) is 0.382. The molecular formula is C30H34ClF2N5O2. The van der Waals surface area contributed by atoms with Crippen LogP contribution in [0.3, 0.4) is 0 Å². The summed E-state index contributed by atoms with van der Waals surface area (Å²) in [7, 11) is 0. The maximum Gasteiger partial charge on any atom is 0.270 e. The first-order valence-corrected chi connectivity index (χ1v) is 14.6. The van der Waals surface area contributed by atoms with E-state index in [9.17, 15) is 18.4 Å². The average Bonchev–Trinajstić information content (AvgIpc) is 3.36. The molecule has 40 heavy (non-hydrogen) atoms. The highest BCUT2D eigenvalue weighted by Gasteiger charge is 2.37. The molecule has 10 heteroatoms. The zero-order valence-electron chi connectivity index (χ0n) is 22.5. The summed E-state index contributed by atoms with van der Waals surface area (Å²) >= 11 is 6.18. The Kier molecular flexibility index (Phi) is 7.52. The van der Waals surface area contributed by atoms with Crippen LogP contribution < -0.4 is 0 Å². The molecule has 212 valence electrons. The van der Waals surface area contributed by atoms with Crippen LogP contribution in [0, 0.1) is 0 Å². The third-order valence-corrected chi connectivity index (χ3v) is 8.88. The van der Waals surface area contributed by atoms with Crippen LogP contribution in [-0.2, 0) is 0 Å². The minimum absolute atomic E-state index is 0.00941. The van der Waals surface area contributed by atoms with Crippen molar-refractivity contribution in [2.45, 2.75) is 56.9 Å². The van der Waals surface area contributed by atoms with E-state index >= 15 is 0 Å². The molecule has 0 spiro atoms. The van der Waals surface area contributed by atoms with Gasteiger partial charge in [0.2, 0.25) is 0 Å². The summed E-state index contributed by atoms with van der Waals surface area (Å²) in [5.74, 6) is -3.09. The van der Waals surface area contributed by atoms with Crippen LogP contribution in [0.1, 0.15) is 65.8 Å². The highest BCUT2D eigenvalue weighted by Crippen LogP contribution is 2.32. The summed E-state index contributed by atoms with van der Waals surface area (Å²) in [6.45, 7) is 3.77. The lowest BCUT2D eigenvalue weighted by Gasteiger charge is -2.40. The SMILES string of the molecule is O=C(c1ccc2c(c1)cc(C(=O)N1CCC(F)(F)CC1)n2-c1ccnc(Cl)c1)N1CCC(N2CCCCC2)CC1. The molecular weight excluding hydrogens is 536 g/mol. The minimum Gasteiger partial charge on any atom is -0.339 e. The van der Waals surface area contributed by atoms with Crippen LogP contribution in [0.25, 0.3) is 16.6 Å². The van der Waals surface area contributed by atoms with E-state index in [-0.39, 0.29) is 42.9 Å². The fraction of sp³-hybridized carbons (Fsp3) is 0.500. The number of hydrogen-bond acceptors (Lipinski definition) is 4. The maximum atomic E-state index is 13.8. The molecule has 2 aromatic heterocycles. The van der Waals surface area contributed by atoms with Gasteiger partial charge in [-0.05, 0) is 75.2 Å². The van der Waals surface area contributed by atoms with E-state index in [2.05, 4.69) is 9.88 Å². The number of pyridine rings is 1. The van der Waals surface area contributed by atoms with E-state index in [1.165, 1.54) is 24.2 Å². The molecule has 2 amide bonds. The van der Waals surface area contributed by atoms with Gasteiger partial charge >= 0.3 is 0 Å². The number of nitrogens with zero attached hydrogens (tertiary/aromatic N) is 5. The number of alkyl halides is 2. The first-order valence-electron chi connectivity index (χ1n) is 14.3. The molecule has 3 aliphatic heterocycles. The zero-order valence-corrected chi connectivity index (χ0v) is 23.3. The first kappa shape index (κ1) is 27.1. The predicted molar refractivity (Wildman–Crippen MR) is 151 cm³/mol. The van der Waals surface area contributed by atoms with E-state index in [0.717, 1.165) is 49.9 Å². The molecule has 7 nitrogen and oxygen atoms in total. The minimum atomic E-state index is -2.75. The standard InChI is InChI=1S/C30H34ClF2N5O2/c31-27-20-24(6-11-34-27)38-25-5-4-21(28(39)36-14-7-23(8-15-36)35-12-2-1-3-13-35)18-22(25)19-26(38)29(40)37-16-9-30(32,33)10-17-37/h4-6,11,18-20,23H,1-3,7-10,12-17H2. The van der Waals surface area contributed by atoms with Crippen LogP contribution in [0.2, 0.25) is 5.15 Å². The Morgan fingerprint density at radius 1 is 0.850 bits per heavy atom. The summed E-state index contributed by atoms with van der Waals surface area (Å²) in [5.41, 5.74) is 2.28. The summed E-state index contributed by atoms with van der Waals surface area (Å²) < 4.78 is 29.3. The Morgan fingerprint density at radius 3 is 2.25 bits per heavy atom. The second-order valence-electron chi connectivity index (χ2n) is 11.2. The van der Waals surface area contributed by atoms with Gasteiger partial charge in [-0.1, -0.05) is 18.0 Å². The van der Waals surface area contributed by atoms with Crippen LogP contribution in [0.15, 0.2) is 42.6 Å². The molecule has 0 unspecified atom stereocenters. The molecule has 1 aromatic carbocycles. The molecule has 0 radical (unpaired) electrons. The van der Waals surface area contributed by atoms with Gasteiger partial charge in [-0.3, -0.25) is 9.59 Å². The molecule has 0 saturated carbocycles. The number of halogens is 3. The summed E-state index contributed by atoms with van der Waals surface area (Å²) in [4.78, 5) is 37.2. The number of fused-ring (bicyclic) bond motifs is 1. The Hall–Kier alpha value is -3.04. The van der Waals surface area contributed by atoms with Crippen molar-refractivity contribution in [3.05, 3.63) is 59.0 Å². The van der Waals surface area contributed by atoms with Gasteiger partial charge in [0.15, 0.2) is 0 Å². The summed E-state index contributed by atoms with van der Waals surface area (Å²) in [5, 5.41) is 1.00.